The van der Waals surface area contributed by atoms with Crippen LogP contribution in [0.3, 0.4) is 0 Å². The molecule has 2 aromatic rings. The zero-order chi connectivity index (χ0) is 23.3. The molecule has 32 heavy (non-hydrogen) atoms. The minimum atomic E-state index is -0.822. The molecule has 0 aliphatic carbocycles. The quantitative estimate of drug-likeness (QED) is 0.369. The monoisotopic (exact) mass is 440 g/mol. The molecule has 1 aliphatic heterocycles. The summed E-state index contributed by atoms with van der Waals surface area (Å²) in [7, 11) is 2.46. The summed E-state index contributed by atoms with van der Waals surface area (Å²) >= 11 is 0. The van der Waals surface area contributed by atoms with Gasteiger partial charge in [-0.3, -0.25) is 10.1 Å². The predicted molar refractivity (Wildman–Crippen MR) is 113 cm³/mol. The zero-order valence-corrected chi connectivity index (χ0v) is 17.5. The maximum atomic E-state index is 13.1. The molecular formula is C23H21FN2O6. The van der Waals surface area contributed by atoms with Gasteiger partial charge in [-0.05, 0) is 29.7 Å². The van der Waals surface area contributed by atoms with E-state index < -0.39 is 22.8 Å². The van der Waals surface area contributed by atoms with E-state index in [9.17, 15) is 24.1 Å². The lowest BCUT2D eigenvalue weighted by molar-refractivity contribution is -0.384. The lowest BCUT2D eigenvalue weighted by atomic mass is 9.83. The molecule has 0 aromatic heterocycles. The molecule has 0 atom stereocenters. The molecule has 0 saturated heterocycles. The summed E-state index contributed by atoms with van der Waals surface area (Å²) in [4.78, 5) is 37.3. The molecule has 0 amide bonds. The Morgan fingerprint density at radius 1 is 0.969 bits per heavy atom. The first kappa shape index (κ1) is 22.7. The van der Waals surface area contributed by atoms with Gasteiger partial charge in [0.25, 0.3) is 5.69 Å². The van der Waals surface area contributed by atoms with Crippen LogP contribution in [0.1, 0.15) is 17.0 Å². The van der Waals surface area contributed by atoms with Crippen molar-refractivity contribution in [3.05, 3.63) is 99.1 Å². The fourth-order valence-electron chi connectivity index (χ4n) is 3.47. The highest BCUT2D eigenvalue weighted by atomic mass is 19.1. The number of hydrogen-bond acceptors (Lipinski definition) is 7. The first-order valence-corrected chi connectivity index (χ1v) is 9.68. The molecule has 166 valence electrons. The second kappa shape index (κ2) is 9.86. The highest BCUT2D eigenvalue weighted by Crippen LogP contribution is 2.37. The summed E-state index contributed by atoms with van der Waals surface area (Å²) in [6.07, 6.45) is 3.68. The number of non-ortho nitro benzene ring substituents is 1. The van der Waals surface area contributed by atoms with Crippen LogP contribution < -0.4 is 0 Å². The number of methoxy groups -OCH3 is 2. The zero-order valence-electron chi connectivity index (χ0n) is 17.5. The van der Waals surface area contributed by atoms with Gasteiger partial charge in [0.1, 0.15) is 5.82 Å². The first-order chi connectivity index (χ1) is 15.3. The van der Waals surface area contributed by atoms with Gasteiger partial charge in [0.05, 0.1) is 36.2 Å². The Hall–Kier alpha value is -4.01. The van der Waals surface area contributed by atoms with Crippen LogP contribution in [-0.2, 0) is 25.5 Å². The van der Waals surface area contributed by atoms with E-state index in [1.807, 2.05) is 0 Å². The molecule has 0 spiro atoms. The fourth-order valence-corrected chi connectivity index (χ4v) is 3.47. The van der Waals surface area contributed by atoms with Crippen LogP contribution in [0.2, 0.25) is 0 Å². The van der Waals surface area contributed by atoms with E-state index in [-0.39, 0.29) is 22.7 Å². The molecule has 0 bridgehead atoms. The van der Waals surface area contributed by atoms with Gasteiger partial charge in [-0.1, -0.05) is 24.3 Å². The molecule has 1 heterocycles. The van der Waals surface area contributed by atoms with Crippen molar-refractivity contribution in [2.24, 2.45) is 0 Å². The third-order valence-corrected chi connectivity index (χ3v) is 5.08. The Bertz CT molecular complexity index is 1040. The third kappa shape index (κ3) is 5.00. The number of carbonyl (C=O) groups is 2. The number of halogens is 1. The number of ether oxygens (including phenoxy) is 2. The normalized spacial score (nSPS) is 13.8. The number of nitrogens with zero attached hydrogens (tertiary/aromatic N) is 2. The standard InChI is InChI=1S/C23H21FN2O6/c1-31-22(27)19-13-25(12-11-15-3-7-17(24)8-4-15)14-20(23(28)32-2)21(19)16-5-9-18(10-6-16)26(29)30/h3-10,13-14,21H,11-12H2,1-2H3. The molecule has 0 fully saturated rings. The minimum Gasteiger partial charge on any atom is -0.466 e. The Kier molecular flexibility index (Phi) is 6.99. The Labute approximate surface area is 183 Å². The fraction of sp³-hybridized carbons (Fsp3) is 0.217. The lowest BCUT2D eigenvalue weighted by Crippen LogP contribution is -2.29. The van der Waals surface area contributed by atoms with Crippen molar-refractivity contribution in [2.45, 2.75) is 12.3 Å². The van der Waals surface area contributed by atoms with E-state index in [1.165, 1.54) is 50.6 Å². The van der Waals surface area contributed by atoms with Gasteiger partial charge in [-0.15, -0.1) is 0 Å². The van der Waals surface area contributed by atoms with Gasteiger partial charge in [0.15, 0.2) is 0 Å². The summed E-state index contributed by atoms with van der Waals surface area (Å²) in [5.74, 6) is -2.44. The molecule has 1 aliphatic rings. The van der Waals surface area contributed by atoms with Crippen LogP contribution in [0.5, 0.6) is 0 Å². The first-order valence-electron chi connectivity index (χ1n) is 9.68. The van der Waals surface area contributed by atoms with Crippen LogP contribution in [-0.4, -0.2) is 42.5 Å². The van der Waals surface area contributed by atoms with Gasteiger partial charge < -0.3 is 14.4 Å². The van der Waals surface area contributed by atoms with E-state index in [0.29, 0.717) is 18.5 Å². The van der Waals surface area contributed by atoms with Gasteiger partial charge in [-0.2, -0.15) is 0 Å². The minimum absolute atomic E-state index is 0.113. The van der Waals surface area contributed by atoms with Gasteiger partial charge >= 0.3 is 11.9 Å². The maximum Gasteiger partial charge on any atom is 0.336 e. The van der Waals surface area contributed by atoms with E-state index in [2.05, 4.69) is 0 Å². The molecule has 3 rings (SSSR count). The smallest absolute Gasteiger partial charge is 0.336 e. The van der Waals surface area contributed by atoms with E-state index in [0.717, 1.165) is 5.56 Å². The molecule has 0 N–H and O–H groups in total. The number of carbonyl (C=O) groups excluding carboxylic acids is 2. The van der Waals surface area contributed by atoms with Crippen LogP contribution in [0.15, 0.2) is 72.1 Å². The largest absolute Gasteiger partial charge is 0.466 e. The Morgan fingerprint density at radius 3 is 1.97 bits per heavy atom. The van der Waals surface area contributed by atoms with Gasteiger partial charge in [0, 0.05) is 31.1 Å². The number of nitro benzene ring substituents is 1. The predicted octanol–water partition coefficient (Wildman–Crippen LogP) is 3.49. The number of rotatable bonds is 7. The third-order valence-electron chi connectivity index (χ3n) is 5.08. The number of benzene rings is 2. The Balaban J connectivity index is 1.97. The number of esters is 2. The second-order valence-electron chi connectivity index (χ2n) is 7.05. The number of hydrogen-bond donors (Lipinski definition) is 0. The van der Waals surface area contributed by atoms with E-state index >= 15 is 0 Å². The van der Waals surface area contributed by atoms with E-state index in [4.69, 9.17) is 9.47 Å². The van der Waals surface area contributed by atoms with Crippen molar-refractivity contribution < 1.29 is 28.4 Å². The molecule has 0 radical (unpaired) electrons. The van der Waals surface area contributed by atoms with Crippen molar-refractivity contribution in [3.63, 3.8) is 0 Å². The molecule has 8 nitrogen and oxygen atoms in total. The molecule has 9 heteroatoms. The summed E-state index contributed by atoms with van der Waals surface area (Å²) < 4.78 is 23.0. The van der Waals surface area contributed by atoms with Crippen LogP contribution >= 0.6 is 0 Å². The molecule has 0 saturated carbocycles. The van der Waals surface area contributed by atoms with E-state index in [1.54, 1.807) is 29.4 Å². The second-order valence-corrected chi connectivity index (χ2v) is 7.05. The van der Waals surface area contributed by atoms with Crippen molar-refractivity contribution in [1.82, 2.24) is 4.90 Å². The summed E-state index contributed by atoms with van der Waals surface area (Å²) in [5.41, 5.74) is 1.64. The average molecular weight is 440 g/mol. The topological polar surface area (TPSA) is 99.0 Å². The molecular weight excluding hydrogens is 419 g/mol. The highest BCUT2D eigenvalue weighted by molar-refractivity contribution is 5.98. The molecule has 2 aromatic carbocycles. The van der Waals surface area contributed by atoms with Crippen molar-refractivity contribution in [1.29, 1.82) is 0 Å². The summed E-state index contributed by atoms with van der Waals surface area (Å²) in [6.45, 7) is 0.402. The lowest BCUT2D eigenvalue weighted by Gasteiger charge is -2.30. The van der Waals surface area contributed by atoms with Gasteiger partial charge in [-0.25, -0.2) is 14.0 Å². The maximum absolute atomic E-state index is 13.1. The number of nitro groups is 1. The summed E-state index contributed by atoms with van der Waals surface area (Å²) in [5, 5.41) is 11.0. The van der Waals surface area contributed by atoms with Crippen molar-refractivity contribution >= 4 is 17.6 Å². The summed E-state index contributed by atoms with van der Waals surface area (Å²) in [6, 6.07) is 11.6. The van der Waals surface area contributed by atoms with Crippen LogP contribution in [0.4, 0.5) is 10.1 Å². The van der Waals surface area contributed by atoms with Gasteiger partial charge in [0.2, 0.25) is 0 Å². The Morgan fingerprint density at radius 2 is 1.50 bits per heavy atom. The highest BCUT2D eigenvalue weighted by Gasteiger charge is 2.35. The molecule has 0 unspecified atom stereocenters. The average Bonchev–Trinajstić information content (AvgIpc) is 2.82. The van der Waals surface area contributed by atoms with Crippen molar-refractivity contribution in [3.8, 4) is 0 Å². The SMILES string of the molecule is COC(=O)C1=CN(CCc2ccc(F)cc2)C=C(C(=O)OC)C1c1ccc([N+](=O)[O-])cc1. The van der Waals surface area contributed by atoms with Crippen LogP contribution in [0, 0.1) is 15.9 Å². The van der Waals surface area contributed by atoms with Crippen molar-refractivity contribution in [2.75, 3.05) is 20.8 Å². The van der Waals surface area contributed by atoms with Crippen LogP contribution in [0.25, 0.3) is 0 Å².